The summed E-state index contributed by atoms with van der Waals surface area (Å²) in [7, 11) is 0. The highest BCUT2D eigenvalue weighted by Crippen LogP contribution is 2.51. The SMILES string of the molecule is O=C(O)C[C@@H]1C(=O)O[C@H]2[C@H](O)[C@@H](OC(=O)c3cc(O)c(O)c4c3[C@H]1[C@H](O)C(=O)O4)[C@H](OC(=O)c1cc(O)c(O)c(O)c1)O[C@@H]2COC(=O)c1cc(O)c(O)c(O)c1. The van der Waals surface area contributed by atoms with E-state index in [0.29, 0.717) is 30.3 Å². The van der Waals surface area contributed by atoms with Crippen LogP contribution in [0.4, 0.5) is 0 Å². The molecule has 0 spiro atoms. The van der Waals surface area contributed by atoms with E-state index in [1.165, 1.54) is 0 Å². The Morgan fingerprint density at radius 2 is 1.23 bits per heavy atom. The molecule has 0 radical (unpaired) electrons. The maximum Gasteiger partial charge on any atom is 0.341 e. The Bertz CT molecular complexity index is 2170. The number of benzene rings is 3. The summed E-state index contributed by atoms with van der Waals surface area (Å²) in [4.78, 5) is 79.0. The number of aliphatic hydroxyl groups excluding tert-OH is 2. The second-order valence-electron chi connectivity index (χ2n) is 12.7. The van der Waals surface area contributed by atoms with Crippen molar-refractivity contribution in [1.29, 1.82) is 0 Å². The van der Waals surface area contributed by atoms with Crippen LogP contribution in [0.2, 0.25) is 0 Å². The minimum atomic E-state index is -2.45. The zero-order chi connectivity index (χ0) is 41.8. The van der Waals surface area contributed by atoms with Crippen molar-refractivity contribution >= 4 is 35.8 Å². The number of carboxylic acids is 1. The predicted octanol–water partition coefficient (Wildman–Crippen LogP) is -0.964. The van der Waals surface area contributed by atoms with E-state index in [4.69, 9.17) is 28.4 Å². The lowest BCUT2D eigenvalue weighted by molar-refractivity contribution is -0.288. The zero-order valence-corrected chi connectivity index (χ0v) is 28.2. The number of hydrogen-bond donors (Lipinski definition) is 11. The first-order chi connectivity index (χ1) is 26.8. The van der Waals surface area contributed by atoms with Crippen molar-refractivity contribution in [3.05, 3.63) is 52.6 Å². The number of hydrogen-bond acceptors (Lipinski definition) is 22. The number of carbonyl (C=O) groups is 6. The molecule has 23 nitrogen and oxygen atoms in total. The molecule has 0 aromatic heterocycles. The molecule has 2 bridgehead atoms. The van der Waals surface area contributed by atoms with Crippen LogP contribution >= 0.6 is 0 Å². The summed E-state index contributed by atoms with van der Waals surface area (Å²) in [5.74, 6) is -23.1. The van der Waals surface area contributed by atoms with Crippen molar-refractivity contribution in [3.63, 3.8) is 0 Å². The molecular weight excluding hydrogens is 776 g/mol. The van der Waals surface area contributed by atoms with E-state index in [9.17, 15) is 84.9 Å². The maximum atomic E-state index is 14.0. The number of rotatable bonds is 7. The second kappa shape index (κ2) is 14.8. The molecule has 0 aliphatic carbocycles. The van der Waals surface area contributed by atoms with Gasteiger partial charge in [0.05, 0.1) is 29.0 Å². The summed E-state index contributed by atoms with van der Waals surface area (Å²) >= 11 is 0. The molecule has 3 aliphatic rings. The van der Waals surface area contributed by atoms with Crippen molar-refractivity contribution < 1.29 is 113 Å². The van der Waals surface area contributed by atoms with E-state index in [-0.39, 0.29) is 0 Å². The highest BCUT2D eigenvalue weighted by atomic mass is 16.7. The lowest BCUT2D eigenvalue weighted by atomic mass is 9.76. The number of aromatic hydroxyl groups is 8. The largest absolute Gasteiger partial charge is 0.504 e. The molecule has 0 unspecified atom stereocenters. The van der Waals surface area contributed by atoms with Gasteiger partial charge in [-0.15, -0.1) is 0 Å². The molecule has 6 rings (SSSR count). The molecule has 3 aromatic carbocycles. The van der Waals surface area contributed by atoms with Crippen LogP contribution in [-0.4, -0.2) is 135 Å². The monoisotopic (exact) mass is 804 g/mol. The molecule has 3 aromatic rings. The summed E-state index contributed by atoms with van der Waals surface area (Å²) < 4.78 is 32.0. The molecule has 302 valence electrons. The number of ether oxygens (including phenoxy) is 6. The van der Waals surface area contributed by atoms with Crippen LogP contribution in [0.1, 0.15) is 49.0 Å². The number of fused-ring (bicyclic) bond motifs is 2. The normalized spacial score (nSPS) is 25.4. The Morgan fingerprint density at radius 1 is 0.684 bits per heavy atom. The van der Waals surface area contributed by atoms with E-state index < -0.39 is 171 Å². The van der Waals surface area contributed by atoms with Gasteiger partial charge in [-0.1, -0.05) is 0 Å². The van der Waals surface area contributed by atoms with Crippen molar-refractivity contribution in [3.8, 4) is 51.7 Å². The Kier molecular flexibility index (Phi) is 10.2. The van der Waals surface area contributed by atoms with E-state index >= 15 is 0 Å². The summed E-state index contributed by atoms with van der Waals surface area (Å²) in [5, 5.41) is 112. The summed E-state index contributed by atoms with van der Waals surface area (Å²) in [6.45, 7) is -1.11. The third kappa shape index (κ3) is 7.19. The van der Waals surface area contributed by atoms with Crippen LogP contribution in [0.15, 0.2) is 30.3 Å². The van der Waals surface area contributed by atoms with Gasteiger partial charge < -0.3 is 84.6 Å². The van der Waals surface area contributed by atoms with Crippen LogP contribution in [0.25, 0.3) is 0 Å². The van der Waals surface area contributed by atoms with Crippen molar-refractivity contribution in [2.45, 2.75) is 49.1 Å². The number of aliphatic hydroxyl groups is 2. The zero-order valence-electron chi connectivity index (χ0n) is 28.2. The van der Waals surface area contributed by atoms with Crippen molar-refractivity contribution in [1.82, 2.24) is 0 Å². The number of phenols is 8. The predicted molar refractivity (Wildman–Crippen MR) is 172 cm³/mol. The van der Waals surface area contributed by atoms with Gasteiger partial charge in [0.1, 0.15) is 18.8 Å². The number of aliphatic carboxylic acids is 1. The van der Waals surface area contributed by atoms with Crippen molar-refractivity contribution in [2.24, 2.45) is 5.92 Å². The fourth-order valence-corrected chi connectivity index (χ4v) is 6.35. The van der Waals surface area contributed by atoms with Gasteiger partial charge in [-0.2, -0.15) is 0 Å². The molecular formula is C34H28O23. The van der Waals surface area contributed by atoms with E-state index in [0.717, 1.165) is 0 Å². The van der Waals surface area contributed by atoms with Gasteiger partial charge >= 0.3 is 35.8 Å². The van der Waals surface area contributed by atoms with E-state index in [1.54, 1.807) is 0 Å². The van der Waals surface area contributed by atoms with Gasteiger partial charge in [-0.25, -0.2) is 19.2 Å². The quantitative estimate of drug-likeness (QED) is 0.0592. The Morgan fingerprint density at radius 3 is 1.79 bits per heavy atom. The summed E-state index contributed by atoms with van der Waals surface area (Å²) in [6, 6.07) is 3.10. The minimum absolute atomic E-state index is 0.522. The molecule has 8 atom stereocenters. The molecule has 57 heavy (non-hydrogen) atoms. The number of carboxylic acid groups (broad SMARTS) is 1. The van der Waals surface area contributed by atoms with Gasteiger partial charge in [0, 0.05) is 11.5 Å². The first-order valence-corrected chi connectivity index (χ1v) is 16.1. The molecule has 11 N–H and O–H groups in total. The standard InChI is InChI=1S/C34H28O23/c35-12-1-8(2-13(36)21(12)42)29(47)52-7-17-26-25(46)28(34(53-17)57-30(48)9-3-14(37)22(43)15(38)4-9)56-31(49)10-5-16(39)23(44)27-20(10)19(24(45)33(51)55-27)11(6-18(40)41)32(50)54-26/h1-5,11,17,19,24-26,28,34-39,42-46H,6-7H2,(H,40,41)/t11-,17+,19-,24-,25-,26+,28+,34-/m0/s1. The van der Waals surface area contributed by atoms with E-state index in [2.05, 4.69) is 0 Å². The summed E-state index contributed by atoms with van der Waals surface area (Å²) in [5.41, 5.74) is -2.90. The van der Waals surface area contributed by atoms with Gasteiger partial charge in [0.15, 0.2) is 64.3 Å². The average molecular weight is 805 g/mol. The second-order valence-corrected chi connectivity index (χ2v) is 12.7. The van der Waals surface area contributed by atoms with Gasteiger partial charge in [-0.05, 0) is 30.3 Å². The third-order valence-electron chi connectivity index (χ3n) is 9.07. The number of carbonyl (C=O) groups excluding carboxylic acids is 5. The molecule has 0 amide bonds. The van der Waals surface area contributed by atoms with Crippen LogP contribution in [0.5, 0.6) is 51.7 Å². The van der Waals surface area contributed by atoms with Crippen LogP contribution in [-0.2, 0) is 38.1 Å². The van der Waals surface area contributed by atoms with Crippen LogP contribution < -0.4 is 4.74 Å². The van der Waals surface area contributed by atoms with Crippen LogP contribution in [0, 0.1) is 5.92 Å². The fourth-order valence-electron chi connectivity index (χ4n) is 6.35. The molecule has 1 fully saturated rings. The lowest BCUT2D eigenvalue weighted by Gasteiger charge is -2.42. The highest BCUT2D eigenvalue weighted by Gasteiger charge is 2.55. The Balaban J connectivity index is 1.46. The minimum Gasteiger partial charge on any atom is -0.504 e. The first-order valence-electron chi connectivity index (χ1n) is 16.1. The molecule has 23 heteroatoms. The molecule has 0 saturated carbocycles. The van der Waals surface area contributed by atoms with Crippen LogP contribution in [0.3, 0.4) is 0 Å². The molecule has 1 saturated heterocycles. The van der Waals surface area contributed by atoms with Crippen molar-refractivity contribution in [2.75, 3.05) is 6.61 Å². The molecule has 3 heterocycles. The van der Waals surface area contributed by atoms with Gasteiger partial charge in [-0.3, -0.25) is 9.59 Å². The van der Waals surface area contributed by atoms with Gasteiger partial charge in [0.25, 0.3) is 0 Å². The third-order valence-corrected chi connectivity index (χ3v) is 9.07. The number of esters is 5. The fraction of sp³-hybridized carbons (Fsp3) is 0.294. The average Bonchev–Trinajstić information content (AvgIpc) is 3.15. The number of phenolic OH excluding ortho intramolecular Hbond substituents is 8. The highest BCUT2D eigenvalue weighted by molar-refractivity contribution is 5.97. The van der Waals surface area contributed by atoms with E-state index in [1.807, 2.05) is 0 Å². The summed E-state index contributed by atoms with van der Waals surface area (Å²) in [6.07, 6.45) is -15.0. The smallest absolute Gasteiger partial charge is 0.341 e. The Labute approximate surface area is 315 Å². The molecule has 3 aliphatic heterocycles. The lowest BCUT2D eigenvalue weighted by Crippen LogP contribution is -2.62. The topological polar surface area (TPSA) is 380 Å². The van der Waals surface area contributed by atoms with Gasteiger partial charge in [0.2, 0.25) is 12.0 Å². The first kappa shape index (κ1) is 39.5. The maximum absolute atomic E-state index is 14.0. The Hall–Kier alpha value is -7.24.